The predicted molar refractivity (Wildman–Crippen MR) is 120 cm³/mol. The van der Waals surface area contributed by atoms with Crippen LogP contribution in [0.15, 0.2) is 61.2 Å². The molecule has 0 aliphatic carbocycles. The van der Waals surface area contributed by atoms with Gasteiger partial charge in [0.1, 0.15) is 5.75 Å². The second-order valence-corrected chi connectivity index (χ2v) is 7.63. The van der Waals surface area contributed by atoms with Crippen molar-refractivity contribution in [2.75, 3.05) is 25.1 Å². The smallest absolute Gasteiger partial charge is 0.223 e. The van der Waals surface area contributed by atoms with Crippen LogP contribution in [0.25, 0.3) is 11.0 Å². The molecule has 156 valence electrons. The number of rotatable bonds is 7. The standard InChI is InChI=1S/C24H28N4O2/c1-3-13-28-22-10-5-4-9-21(22)26-24(28)27-14-11-19(12-15-27)23(29)25-17-18-7-6-8-20(16-18)30-2/h3-10,16,19H,1,11-15,17H2,2H3,(H,25,29). The highest BCUT2D eigenvalue weighted by Gasteiger charge is 2.27. The monoisotopic (exact) mass is 404 g/mol. The van der Waals surface area contributed by atoms with Crippen LogP contribution < -0.4 is 15.0 Å². The summed E-state index contributed by atoms with van der Waals surface area (Å²) < 4.78 is 7.45. The van der Waals surface area contributed by atoms with E-state index in [-0.39, 0.29) is 11.8 Å². The number of piperidine rings is 1. The Morgan fingerprint density at radius 3 is 2.80 bits per heavy atom. The topological polar surface area (TPSA) is 59.4 Å². The number of methoxy groups -OCH3 is 1. The van der Waals surface area contributed by atoms with Crippen LogP contribution in [0.1, 0.15) is 18.4 Å². The fourth-order valence-corrected chi connectivity index (χ4v) is 4.07. The van der Waals surface area contributed by atoms with Gasteiger partial charge in [0.25, 0.3) is 0 Å². The normalized spacial score (nSPS) is 14.6. The van der Waals surface area contributed by atoms with Gasteiger partial charge in [0.15, 0.2) is 0 Å². The van der Waals surface area contributed by atoms with E-state index < -0.39 is 0 Å². The Morgan fingerprint density at radius 1 is 1.23 bits per heavy atom. The van der Waals surface area contributed by atoms with E-state index in [0.717, 1.165) is 60.8 Å². The zero-order valence-corrected chi connectivity index (χ0v) is 17.4. The fraction of sp³-hybridized carbons (Fsp3) is 0.333. The molecule has 0 atom stereocenters. The Bertz CT molecular complexity index is 1030. The van der Waals surface area contributed by atoms with Crippen molar-refractivity contribution >= 4 is 22.9 Å². The number of aromatic nitrogens is 2. The van der Waals surface area contributed by atoms with Crippen molar-refractivity contribution in [1.82, 2.24) is 14.9 Å². The molecule has 6 heteroatoms. The summed E-state index contributed by atoms with van der Waals surface area (Å²) in [6.45, 7) is 6.76. The van der Waals surface area contributed by atoms with Crippen LogP contribution in [0.2, 0.25) is 0 Å². The Balaban J connectivity index is 1.38. The number of carbonyl (C=O) groups excluding carboxylic acids is 1. The van der Waals surface area contributed by atoms with Crippen LogP contribution in [0.3, 0.4) is 0 Å². The molecule has 0 radical (unpaired) electrons. The van der Waals surface area contributed by atoms with E-state index in [1.165, 1.54) is 0 Å². The minimum Gasteiger partial charge on any atom is -0.497 e. The Labute approximate surface area is 177 Å². The molecule has 1 N–H and O–H groups in total. The molecule has 1 aromatic heterocycles. The first-order valence-electron chi connectivity index (χ1n) is 10.4. The van der Waals surface area contributed by atoms with E-state index in [9.17, 15) is 4.79 Å². The van der Waals surface area contributed by atoms with Crippen molar-refractivity contribution < 1.29 is 9.53 Å². The molecule has 1 aliphatic rings. The van der Waals surface area contributed by atoms with Crippen LogP contribution in [0.4, 0.5) is 5.95 Å². The average Bonchev–Trinajstić information content (AvgIpc) is 3.16. The lowest BCUT2D eigenvalue weighted by Gasteiger charge is -2.32. The van der Waals surface area contributed by atoms with E-state index in [2.05, 4.69) is 27.4 Å². The third-order valence-corrected chi connectivity index (χ3v) is 5.70. The average molecular weight is 405 g/mol. The molecule has 0 spiro atoms. The molecule has 0 unspecified atom stereocenters. The van der Waals surface area contributed by atoms with E-state index in [1.807, 2.05) is 48.5 Å². The maximum Gasteiger partial charge on any atom is 0.223 e. The Hall–Kier alpha value is -3.28. The molecule has 3 aromatic rings. The van der Waals surface area contributed by atoms with Gasteiger partial charge < -0.3 is 19.5 Å². The zero-order valence-electron chi connectivity index (χ0n) is 17.4. The summed E-state index contributed by atoms with van der Waals surface area (Å²) in [6, 6.07) is 16.0. The molecule has 1 fully saturated rings. The van der Waals surface area contributed by atoms with E-state index in [0.29, 0.717) is 6.54 Å². The quantitative estimate of drug-likeness (QED) is 0.609. The maximum atomic E-state index is 12.7. The number of nitrogens with zero attached hydrogens (tertiary/aromatic N) is 3. The van der Waals surface area contributed by atoms with Crippen LogP contribution in [0, 0.1) is 5.92 Å². The fourth-order valence-electron chi connectivity index (χ4n) is 4.07. The van der Waals surface area contributed by atoms with E-state index >= 15 is 0 Å². The predicted octanol–water partition coefficient (Wildman–Crippen LogP) is 3.76. The molecule has 0 bridgehead atoms. The SMILES string of the molecule is C=CCn1c(N2CCC(C(=O)NCc3cccc(OC)c3)CC2)nc2ccccc21. The Morgan fingerprint density at radius 2 is 2.03 bits per heavy atom. The molecule has 0 saturated carbocycles. The van der Waals surface area contributed by atoms with E-state index in [1.54, 1.807) is 7.11 Å². The number of hydrogen-bond donors (Lipinski definition) is 1. The largest absolute Gasteiger partial charge is 0.497 e. The summed E-state index contributed by atoms with van der Waals surface area (Å²) in [5, 5.41) is 3.08. The van der Waals surface area contributed by atoms with Gasteiger partial charge in [-0.3, -0.25) is 4.79 Å². The van der Waals surface area contributed by atoms with E-state index in [4.69, 9.17) is 9.72 Å². The van der Waals surface area contributed by atoms with Crippen molar-refractivity contribution in [3.05, 3.63) is 66.7 Å². The van der Waals surface area contributed by atoms with Crippen LogP contribution in [0.5, 0.6) is 5.75 Å². The number of nitrogens with one attached hydrogen (secondary N) is 1. The van der Waals surface area contributed by atoms with Crippen LogP contribution in [-0.4, -0.2) is 35.7 Å². The van der Waals surface area contributed by atoms with Crippen molar-refractivity contribution in [2.24, 2.45) is 5.92 Å². The highest BCUT2D eigenvalue weighted by molar-refractivity contribution is 5.80. The molecule has 6 nitrogen and oxygen atoms in total. The number of carbonyl (C=O) groups is 1. The van der Waals surface area contributed by atoms with Crippen LogP contribution >= 0.6 is 0 Å². The lowest BCUT2D eigenvalue weighted by atomic mass is 9.96. The molecular weight excluding hydrogens is 376 g/mol. The first-order valence-corrected chi connectivity index (χ1v) is 10.4. The summed E-state index contributed by atoms with van der Waals surface area (Å²) in [7, 11) is 1.65. The number of amides is 1. The summed E-state index contributed by atoms with van der Waals surface area (Å²) in [4.78, 5) is 19.8. The highest BCUT2D eigenvalue weighted by Crippen LogP contribution is 2.27. The summed E-state index contributed by atoms with van der Waals surface area (Å²) >= 11 is 0. The van der Waals surface area contributed by atoms with Gasteiger partial charge in [0, 0.05) is 32.1 Å². The highest BCUT2D eigenvalue weighted by atomic mass is 16.5. The number of fused-ring (bicyclic) bond motifs is 1. The zero-order chi connectivity index (χ0) is 20.9. The van der Waals surface area contributed by atoms with Crippen molar-refractivity contribution in [2.45, 2.75) is 25.9 Å². The third-order valence-electron chi connectivity index (χ3n) is 5.70. The minimum absolute atomic E-state index is 0.0316. The van der Waals surface area contributed by atoms with Gasteiger partial charge >= 0.3 is 0 Å². The van der Waals surface area contributed by atoms with Gasteiger partial charge in [0.2, 0.25) is 11.9 Å². The number of allylic oxidation sites excluding steroid dienone is 1. The molecule has 1 aliphatic heterocycles. The summed E-state index contributed by atoms with van der Waals surface area (Å²) in [6.07, 6.45) is 3.54. The maximum absolute atomic E-state index is 12.7. The minimum atomic E-state index is 0.0316. The van der Waals surface area contributed by atoms with Gasteiger partial charge in [-0.2, -0.15) is 0 Å². The molecule has 2 aromatic carbocycles. The summed E-state index contributed by atoms with van der Waals surface area (Å²) in [5.41, 5.74) is 3.15. The molecule has 4 rings (SSSR count). The number of imidazole rings is 1. The van der Waals surface area contributed by atoms with Gasteiger partial charge in [-0.15, -0.1) is 6.58 Å². The van der Waals surface area contributed by atoms with Gasteiger partial charge in [-0.1, -0.05) is 30.3 Å². The molecular formula is C24H28N4O2. The molecule has 30 heavy (non-hydrogen) atoms. The molecule has 1 amide bonds. The van der Waals surface area contributed by atoms with Crippen molar-refractivity contribution in [3.63, 3.8) is 0 Å². The first-order chi connectivity index (χ1) is 14.7. The molecule has 2 heterocycles. The first kappa shape index (κ1) is 20.0. The number of ether oxygens (including phenoxy) is 1. The van der Waals surface area contributed by atoms with Gasteiger partial charge in [-0.05, 0) is 42.7 Å². The summed E-state index contributed by atoms with van der Waals surface area (Å²) in [5.74, 6) is 1.92. The second-order valence-electron chi connectivity index (χ2n) is 7.63. The van der Waals surface area contributed by atoms with Crippen LogP contribution in [-0.2, 0) is 17.9 Å². The number of benzene rings is 2. The Kier molecular flexibility index (Phi) is 6.02. The third kappa shape index (κ3) is 4.17. The van der Waals surface area contributed by atoms with Gasteiger partial charge in [-0.25, -0.2) is 4.98 Å². The number of hydrogen-bond acceptors (Lipinski definition) is 4. The number of anilines is 1. The lowest BCUT2D eigenvalue weighted by Crippen LogP contribution is -2.41. The number of para-hydroxylation sites is 2. The lowest BCUT2D eigenvalue weighted by molar-refractivity contribution is -0.125. The van der Waals surface area contributed by atoms with Gasteiger partial charge in [0.05, 0.1) is 18.1 Å². The van der Waals surface area contributed by atoms with Crippen molar-refractivity contribution in [3.8, 4) is 5.75 Å². The molecule has 1 saturated heterocycles. The van der Waals surface area contributed by atoms with Crippen molar-refractivity contribution in [1.29, 1.82) is 0 Å². The second kappa shape index (κ2) is 9.03.